The van der Waals surface area contributed by atoms with Crippen LogP contribution >= 0.6 is 27.5 Å². The van der Waals surface area contributed by atoms with Gasteiger partial charge in [0.05, 0.1) is 13.7 Å². The monoisotopic (exact) mass is 422 g/mol. The molecule has 1 heterocycles. The molecule has 2 aromatic rings. The van der Waals surface area contributed by atoms with E-state index in [1.165, 1.54) is 12.0 Å². The van der Waals surface area contributed by atoms with Crippen LogP contribution in [-0.4, -0.2) is 23.9 Å². The SMILES string of the molecule is COc1ccc(Cl)cc1CN1C(=O)NC(C)(c2cccc(Br)c2)C1=O. The summed E-state index contributed by atoms with van der Waals surface area (Å²) in [6, 6.07) is 12.0. The summed E-state index contributed by atoms with van der Waals surface area (Å²) in [5.74, 6) is 0.249. The first-order valence-corrected chi connectivity index (χ1v) is 8.75. The Hall–Kier alpha value is -2.05. The molecule has 3 rings (SSSR count). The number of urea groups is 1. The molecule has 0 aliphatic carbocycles. The molecule has 2 aromatic carbocycles. The highest BCUT2D eigenvalue weighted by Gasteiger charge is 2.49. The summed E-state index contributed by atoms with van der Waals surface area (Å²) in [6.07, 6.45) is 0. The summed E-state index contributed by atoms with van der Waals surface area (Å²) >= 11 is 9.43. The van der Waals surface area contributed by atoms with E-state index in [0.717, 1.165) is 4.47 Å². The van der Waals surface area contributed by atoms with Crippen molar-refractivity contribution in [2.24, 2.45) is 0 Å². The number of hydrogen-bond acceptors (Lipinski definition) is 3. The van der Waals surface area contributed by atoms with Gasteiger partial charge in [-0.2, -0.15) is 0 Å². The molecule has 3 amide bonds. The van der Waals surface area contributed by atoms with Crippen LogP contribution in [-0.2, 0) is 16.9 Å². The van der Waals surface area contributed by atoms with E-state index in [0.29, 0.717) is 21.9 Å². The summed E-state index contributed by atoms with van der Waals surface area (Å²) in [6.45, 7) is 1.78. The van der Waals surface area contributed by atoms with Gasteiger partial charge >= 0.3 is 6.03 Å². The Bertz CT molecular complexity index is 858. The van der Waals surface area contributed by atoms with Gasteiger partial charge < -0.3 is 10.1 Å². The molecule has 0 aromatic heterocycles. The second-order valence-electron chi connectivity index (χ2n) is 5.91. The quantitative estimate of drug-likeness (QED) is 0.754. The van der Waals surface area contributed by atoms with E-state index in [2.05, 4.69) is 21.2 Å². The maximum absolute atomic E-state index is 13.0. The summed E-state index contributed by atoms with van der Waals surface area (Å²) in [5.41, 5.74) is 0.255. The Kier molecular flexibility index (Phi) is 4.75. The third kappa shape index (κ3) is 3.24. The van der Waals surface area contributed by atoms with Gasteiger partial charge in [-0.1, -0.05) is 39.7 Å². The van der Waals surface area contributed by atoms with Crippen LogP contribution < -0.4 is 10.1 Å². The number of methoxy groups -OCH3 is 1. The van der Waals surface area contributed by atoms with Crippen LogP contribution in [0, 0.1) is 0 Å². The number of imide groups is 1. The van der Waals surface area contributed by atoms with Gasteiger partial charge in [-0.15, -0.1) is 0 Å². The average molecular weight is 424 g/mol. The van der Waals surface area contributed by atoms with Crippen LogP contribution in [0.5, 0.6) is 5.75 Å². The molecule has 130 valence electrons. The Labute approximate surface area is 159 Å². The predicted molar refractivity (Wildman–Crippen MR) is 98.6 cm³/mol. The number of amides is 3. The highest BCUT2D eigenvalue weighted by molar-refractivity contribution is 9.10. The molecule has 7 heteroatoms. The van der Waals surface area contributed by atoms with Crippen LogP contribution in [0.3, 0.4) is 0 Å². The molecule has 5 nitrogen and oxygen atoms in total. The normalized spacial score (nSPS) is 19.9. The summed E-state index contributed by atoms with van der Waals surface area (Å²) in [7, 11) is 1.53. The fraction of sp³-hybridized carbons (Fsp3) is 0.222. The third-order valence-corrected chi connectivity index (χ3v) is 4.98. The molecule has 0 spiro atoms. The van der Waals surface area contributed by atoms with Gasteiger partial charge in [0.15, 0.2) is 0 Å². The van der Waals surface area contributed by atoms with Gasteiger partial charge in [-0.05, 0) is 42.8 Å². The Morgan fingerprint density at radius 3 is 2.68 bits per heavy atom. The first kappa shape index (κ1) is 17.8. The number of ether oxygens (including phenoxy) is 1. The zero-order valence-corrected chi connectivity index (χ0v) is 16.0. The van der Waals surface area contributed by atoms with Gasteiger partial charge in [-0.25, -0.2) is 4.79 Å². The van der Waals surface area contributed by atoms with Crippen molar-refractivity contribution in [3.63, 3.8) is 0 Å². The van der Waals surface area contributed by atoms with Crippen molar-refractivity contribution in [1.82, 2.24) is 10.2 Å². The largest absolute Gasteiger partial charge is 0.496 e. The van der Waals surface area contributed by atoms with Crippen molar-refractivity contribution in [2.45, 2.75) is 19.0 Å². The smallest absolute Gasteiger partial charge is 0.325 e. The first-order chi connectivity index (χ1) is 11.8. The van der Waals surface area contributed by atoms with Crippen molar-refractivity contribution in [1.29, 1.82) is 0 Å². The maximum atomic E-state index is 13.0. The Balaban J connectivity index is 1.93. The molecule has 25 heavy (non-hydrogen) atoms. The molecule has 1 aliphatic heterocycles. The minimum atomic E-state index is -1.12. The van der Waals surface area contributed by atoms with E-state index < -0.39 is 11.6 Å². The molecule has 1 N–H and O–H groups in total. The van der Waals surface area contributed by atoms with Gasteiger partial charge in [-0.3, -0.25) is 9.69 Å². The number of nitrogens with one attached hydrogen (secondary N) is 1. The van der Waals surface area contributed by atoms with Crippen LogP contribution in [0.25, 0.3) is 0 Å². The molecule has 1 unspecified atom stereocenters. The van der Waals surface area contributed by atoms with Crippen molar-refractivity contribution in [3.05, 3.63) is 63.1 Å². The second-order valence-corrected chi connectivity index (χ2v) is 7.27. The molecule has 1 saturated heterocycles. The van der Waals surface area contributed by atoms with Crippen molar-refractivity contribution in [2.75, 3.05) is 7.11 Å². The molecule has 0 radical (unpaired) electrons. The molecule has 1 fully saturated rings. The van der Waals surface area contributed by atoms with Gasteiger partial charge in [0.25, 0.3) is 5.91 Å². The fourth-order valence-corrected chi connectivity index (χ4v) is 3.47. The lowest BCUT2D eigenvalue weighted by atomic mass is 9.92. The van der Waals surface area contributed by atoms with Crippen molar-refractivity contribution >= 4 is 39.5 Å². The van der Waals surface area contributed by atoms with E-state index in [1.54, 1.807) is 25.1 Å². The third-order valence-electron chi connectivity index (χ3n) is 4.25. The van der Waals surface area contributed by atoms with E-state index >= 15 is 0 Å². The topological polar surface area (TPSA) is 58.6 Å². The van der Waals surface area contributed by atoms with Crippen LogP contribution in [0.2, 0.25) is 5.02 Å². The zero-order valence-electron chi connectivity index (χ0n) is 13.7. The first-order valence-electron chi connectivity index (χ1n) is 7.57. The molecule has 0 bridgehead atoms. The summed E-state index contributed by atoms with van der Waals surface area (Å²) < 4.78 is 6.14. The number of hydrogen-bond donors (Lipinski definition) is 1. The second kappa shape index (κ2) is 6.69. The summed E-state index contributed by atoms with van der Waals surface area (Å²) in [4.78, 5) is 26.6. The predicted octanol–water partition coefficient (Wildman–Crippen LogP) is 4.08. The minimum Gasteiger partial charge on any atom is -0.496 e. The highest BCUT2D eigenvalue weighted by Crippen LogP contribution is 2.32. The van der Waals surface area contributed by atoms with Gasteiger partial charge in [0.1, 0.15) is 11.3 Å². The number of halogens is 2. The molecule has 1 aliphatic rings. The van der Waals surface area contributed by atoms with E-state index in [-0.39, 0.29) is 12.5 Å². The molecular formula is C18H16BrClN2O3. The number of rotatable bonds is 4. The van der Waals surface area contributed by atoms with Crippen molar-refractivity contribution < 1.29 is 14.3 Å². The van der Waals surface area contributed by atoms with E-state index in [4.69, 9.17) is 16.3 Å². The van der Waals surface area contributed by atoms with Gasteiger partial charge in [0, 0.05) is 15.1 Å². The van der Waals surface area contributed by atoms with E-state index in [9.17, 15) is 9.59 Å². The molecular weight excluding hydrogens is 408 g/mol. The lowest BCUT2D eigenvalue weighted by molar-refractivity contribution is -0.131. The Morgan fingerprint density at radius 1 is 1.24 bits per heavy atom. The fourth-order valence-electron chi connectivity index (χ4n) is 2.88. The molecule has 1 atom stereocenters. The number of carbonyl (C=O) groups is 2. The van der Waals surface area contributed by atoms with Crippen LogP contribution in [0.4, 0.5) is 4.79 Å². The standard InChI is InChI=1S/C18H16BrClN2O3/c1-18(12-4-3-5-13(19)9-12)16(23)22(17(24)21-18)10-11-8-14(20)6-7-15(11)25-2/h3-9H,10H2,1-2H3,(H,21,24). The lowest BCUT2D eigenvalue weighted by Gasteiger charge is -2.22. The maximum Gasteiger partial charge on any atom is 0.325 e. The number of carbonyl (C=O) groups excluding carboxylic acids is 2. The lowest BCUT2D eigenvalue weighted by Crippen LogP contribution is -2.40. The van der Waals surface area contributed by atoms with Crippen molar-refractivity contribution in [3.8, 4) is 5.75 Å². The van der Waals surface area contributed by atoms with Gasteiger partial charge in [0.2, 0.25) is 0 Å². The number of nitrogens with zero attached hydrogens (tertiary/aromatic N) is 1. The minimum absolute atomic E-state index is 0.0813. The zero-order chi connectivity index (χ0) is 18.2. The molecule has 0 saturated carbocycles. The summed E-state index contributed by atoms with van der Waals surface area (Å²) in [5, 5.41) is 3.30. The number of benzene rings is 2. The van der Waals surface area contributed by atoms with E-state index in [1.807, 2.05) is 24.3 Å². The average Bonchev–Trinajstić information content (AvgIpc) is 2.79. The van der Waals surface area contributed by atoms with Crippen LogP contribution in [0.15, 0.2) is 46.9 Å². The highest BCUT2D eigenvalue weighted by atomic mass is 79.9. The Morgan fingerprint density at radius 2 is 2.00 bits per heavy atom. The van der Waals surface area contributed by atoms with Crippen LogP contribution in [0.1, 0.15) is 18.1 Å².